The minimum atomic E-state index is 0.156. The second kappa shape index (κ2) is 8.72. The molecule has 1 saturated heterocycles. The zero-order valence-electron chi connectivity index (χ0n) is 15.6. The summed E-state index contributed by atoms with van der Waals surface area (Å²) in [4.78, 5) is 18.9. The third kappa shape index (κ3) is 4.35. The lowest BCUT2D eigenvalue weighted by molar-refractivity contribution is -0.118. The van der Waals surface area contributed by atoms with Gasteiger partial charge in [0.2, 0.25) is 5.91 Å². The number of ether oxygens (including phenoxy) is 1. The Morgan fingerprint density at radius 2 is 1.65 bits per heavy atom. The molecule has 5 heteroatoms. The number of hydrogen-bond donors (Lipinski definition) is 0. The Morgan fingerprint density at radius 1 is 1.00 bits per heavy atom. The Morgan fingerprint density at radius 3 is 2.35 bits per heavy atom. The number of methoxy groups -OCH3 is 1. The number of piperazine rings is 1. The van der Waals surface area contributed by atoms with Gasteiger partial charge in [-0.2, -0.15) is 0 Å². The molecule has 1 aliphatic heterocycles. The predicted octanol–water partition coefficient (Wildman–Crippen LogP) is 2.87. The Bertz CT molecular complexity index is 712. The van der Waals surface area contributed by atoms with E-state index in [1.807, 2.05) is 55.6 Å². The summed E-state index contributed by atoms with van der Waals surface area (Å²) >= 11 is 0. The van der Waals surface area contributed by atoms with Gasteiger partial charge < -0.3 is 14.5 Å². The van der Waals surface area contributed by atoms with Crippen LogP contribution in [-0.4, -0.2) is 57.7 Å². The molecule has 2 aromatic carbocycles. The third-order valence-electron chi connectivity index (χ3n) is 4.96. The summed E-state index contributed by atoms with van der Waals surface area (Å²) in [6, 6.07) is 17.9. The number of rotatable bonds is 6. The van der Waals surface area contributed by atoms with Crippen LogP contribution in [0.2, 0.25) is 0 Å². The van der Waals surface area contributed by atoms with Gasteiger partial charge in [0.05, 0.1) is 12.8 Å². The predicted molar refractivity (Wildman–Crippen MR) is 106 cm³/mol. The second-order valence-corrected chi connectivity index (χ2v) is 6.54. The van der Waals surface area contributed by atoms with Crippen molar-refractivity contribution in [3.8, 4) is 5.75 Å². The number of amides is 1. The van der Waals surface area contributed by atoms with Crippen molar-refractivity contribution in [2.75, 3.05) is 56.7 Å². The first kappa shape index (κ1) is 18.3. The van der Waals surface area contributed by atoms with Crippen molar-refractivity contribution in [1.29, 1.82) is 0 Å². The lowest BCUT2D eigenvalue weighted by Gasteiger charge is -2.36. The maximum absolute atomic E-state index is 12.4. The van der Waals surface area contributed by atoms with Crippen molar-refractivity contribution >= 4 is 17.3 Å². The van der Waals surface area contributed by atoms with Crippen LogP contribution in [0.15, 0.2) is 54.6 Å². The summed E-state index contributed by atoms with van der Waals surface area (Å²) < 4.78 is 5.47. The largest absolute Gasteiger partial charge is 0.495 e. The van der Waals surface area contributed by atoms with Crippen LogP contribution >= 0.6 is 0 Å². The third-order valence-corrected chi connectivity index (χ3v) is 4.96. The molecule has 0 radical (unpaired) electrons. The molecule has 3 rings (SSSR count). The Hall–Kier alpha value is -2.53. The fourth-order valence-corrected chi connectivity index (χ4v) is 3.32. The summed E-state index contributed by atoms with van der Waals surface area (Å²) in [6.45, 7) is 4.61. The topological polar surface area (TPSA) is 36.0 Å². The number of para-hydroxylation sites is 3. The van der Waals surface area contributed by atoms with E-state index in [1.54, 1.807) is 12.0 Å². The zero-order valence-corrected chi connectivity index (χ0v) is 15.6. The van der Waals surface area contributed by atoms with E-state index in [2.05, 4.69) is 15.9 Å². The average molecular weight is 353 g/mol. The van der Waals surface area contributed by atoms with Crippen LogP contribution in [0.3, 0.4) is 0 Å². The van der Waals surface area contributed by atoms with E-state index in [0.717, 1.165) is 49.8 Å². The van der Waals surface area contributed by atoms with Crippen LogP contribution in [0, 0.1) is 0 Å². The van der Waals surface area contributed by atoms with Crippen molar-refractivity contribution < 1.29 is 9.53 Å². The van der Waals surface area contributed by atoms with Gasteiger partial charge in [-0.25, -0.2) is 0 Å². The first-order valence-electron chi connectivity index (χ1n) is 9.11. The lowest BCUT2D eigenvalue weighted by atomic mass is 10.2. The molecule has 1 amide bonds. The molecule has 26 heavy (non-hydrogen) atoms. The maximum atomic E-state index is 12.4. The molecule has 1 heterocycles. The minimum absolute atomic E-state index is 0.156. The van der Waals surface area contributed by atoms with E-state index in [4.69, 9.17) is 4.74 Å². The van der Waals surface area contributed by atoms with E-state index in [-0.39, 0.29) is 5.91 Å². The van der Waals surface area contributed by atoms with Crippen molar-refractivity contribution in [3.05, 3.63) is 54.6 Å². The summed E-state index contributed by atoms with van der Waals surface area (Å²) in [5.41, 5.74) is 2.09. The highest BCUT2D eigenvalue weighted by atomic mass is 16.5. The van der Waals surface area contributed by atoms with Crippen molar-refractivity contribution in [2.24, 2.45) is 0 Å². The van der Waals surface area contributed by atoms with Gasteiger partial charge in [-0.3, -0.25) is 9.69 Å². The molecule has 0 aromatic heterocycles. The number of anilines is 2. The van der Waals surface area contributed by atoms with E-state index < -0.39 is 0 Å². The molecule has 0 aliphatic carbocycles. The Kier molecular flexibility index (Phi) is 6.12. The lowest BCUT2D eigenvalue weighted by Crippen LogP contribution is -2.47. The van der Waals surface area contributed by atoms with Crippen molar-refractivity contribution in [3.63, 3.8) is 0 Å². The van der Waals surface area contributed by atoms with E-state index in [1.165, 1.54) is 0 Å². The van der Waals surface area contributed by atoms with Crippen LogP contribution in [0.1, 0.15) is 6.42 Å². The first-order valence-corrected chi connectivity index (χ1v) is 9.11. The van der Waals surface area contributed by atoms with Crippen LogP contribution in [0.4, 0.5) is 11.4 Å². The van der Waals surface area contributed by atoms with E-state index in [0.29, 0.717) is 6.42 Å². The minimum Gasteiger partial charge on any atom is -0.495 e. The number of carbonyl (C=O) groups is 1. The molecular formula is C21H27N3O2. The van der Waals surface area contributed by atoms with Gasteiger partial charge in [-0.05, 0) is 24.3 Å². The fraction of sp³-hybridized carbons (Fsp3) is 0.381. The van der Waals surface area contributed by atoms with Gasteiger partial charge in [0, 0.05) is 51.9 Å². The molecule has 0 bridgehead atoms. The fourth-order valence-electron chi connectivity index (χ4n) is 3.32. The van der Waals surface area contributed by atoms with Gasteiger partial charge in [-0.1, -0.05) is 30.3 Å². The summed E-state index contributed by atoms with van der Waals surface area (Å²) in [5, 5.41) is 0. The standard InChI is InChI=1S/C21H27N3O2/c1-22(18-8-4-3-5-9-18)21(25)12-13-23-14-16-24(17-15-23)19-10-6-7-11-20(19)26-2/h3-11H,12-17H2,1-2H3. The van der Waals surface area contributed by atoms with Gasteiger partial charge >= 0.3 is 0 Å². The molecule has 5 nitrogen and oxygen atoms in total. The van der Waals surface area contributed by atoms with Crippen molar-refractivity contribution in [1.82, 2.24) is 4.90 Å². The molecule has 0 saturated carbocycles. The highest BCUT2D eigenvalue weighted by Gasteiger charge is 2.20. The molecule has 1 fully saturated rings. The van der Waals surface area contributed by atoms with Crippen molar-refractivity contribution in [2.45, 2.75) is 6.42 Å². The molecule has 138 valence electrons. The molecule has 1 aliphatic rings. The van der Waals surface area contributed by atoms with Gasteiger partial charge in [0.25, 0.3) is 0 Å². The zero-order chi connectivity index (χ0) is 18.4. The monoisotopic (exact) mass is 353 g/mol. The Balaban J connectivity index is 1.48. The van der Waals surface area contributed by atoms with E-state index >= 15 is 0 Å². The smallest absolute Gasteiger partial charge is 0.228 e. The normalized spacial score (nSPS) is 14.9. The second-order valence-electron chi connectivity index (χ2n) is 6.54. The van der Waals surface area contributed by atoms with Gasteiger partial charge in [0.15, 0.2) is 0 Å². The molecular weight excluding hydrogens is 326 g/mol. The summed E-state index contributed by atoms with van der Waals surface area (Å²) in [6.07, 6.45) is 0.542. The highest BCUT2D eigenvalue weighted by Crippen LogP contribution is 2.28. The van der Waals surface area contributed by atoms with Crippen LogP contribution in [-0.2, 0) is 4.79 Å². The molecule has 2 aromatic rings. The van der Waals surface area contributed by atoms with Crippen LogP contribution in [0.5, 0.6) is 5.75 Å². The van der Waals surface area contributed by atoms with Crippen LogP contribution < -0.4 is 14.5 Å². The van der Waals surface area contributed by atoms with Gasteiger partial charge in [-0.15, -0.1) is 0 Å². The molecule has 0 spiro atoms. The molecule has 0 unspecified atom stereocenters. The average Bonchev–Trinajstić information content (AvgIpc) is 2.72. The Labute approximate surface area is 155 Å². The van der Waals surface area contributed by atoms with Crippen LogP contribution in [0.25, 0.3) is 0 Å². The number of benzene rings is 2. The van der Waals surface area contributed by atoms with E-state index in [9.17, 15) is 4.79 Å². The number of carbonyl (C=O) groups excluding carboxylic acids is 1. The summed E-state index contributed by atoms with van der Waals surface area (Å²) in [5.74, 6) is 1.07. The summed E-state index contributed by atoms with van der Waals surface area (Å²) in [7, 11) is 3.56. The first-order chi connectivity index (χ1) is 12.7. The highest BCUT2D eigenvalue weighted by molar-refractivity contribution is 5.92. The number of nitrogens with zero attached hydrogens (tertiary/aromatic N) is 3. The SMILES string of the molecule is COc1ccccc1N1CCN(CCC(=O)N(C)c2ccccc2)CC1. The molecule has 0 N–H and O–H groups in total. The number of hydrogen-bond acceptors (Lipinski definition) is 4. The van der Waals surface area contributed by atoms with Gasteiger partial charge in [0.1, 0.15) is 5.75 Å². The quantitative estimate of drug-likeness (QED) is 0.800. The maximum Gasteiger partial charge on any atom is 0.228 e. The molecule has 0 atom stereocenters.